The molecule has 0 atom stereocenters. The number of aromatic nitrogens is 1. The zero-order valence-electron chi connectivity index (χ0n) is 12.7. The molecular formula is C14H9ClN4O7. The van der Waals surface area contributed by atoms with Gasteiger partial charge in [0.2, 0.25) is 0 Å². The first-order valence-corrected chi connectivity index (χ1v) is 7.12. The van der Waals surface area contributed by atoms with Crippen molar-refractivity contribution >= 4 is 39.6 Å². The summed E-state index contributed by atoms with van der Waals surface area (Å²) in [6.07, 6.45) is 1.89. The van der Waals surface area contributed by atoms with E-state index in [1.807, 2.05) is 30.5 Å². The molecular weight excluding hydrogens is 372 g/mol. The number of halogens is 1. The van der Waals surface area contributed by atoms with E-state index in [1.54, 1.807) is 0 Å². The Morgan fingerprint density at radius 1 is 0.923 bits per heavy atom. The molecule has 26 heavy (non-hydrogen) atoms. The number of aromatic amines is 1. The maximum atomic E-state index is 10.4. The van der Waals surface area contributed by atoms with Crippen molar-refractivity contribution in [3.63, 3.8) is 0 Å². The fraction of sp³-hybridized carbons (Fsp3) is 0. The van der Waals surface area contributed by atoms with Crippen LogP contribution in [-0.2, 0) is 0 Å². The fourth-order valence-electron chi connectivity index (χ4n) is 2.02. The van der Waals surface area contributed by atoms with Crippen LogP contribution < -0.4 is 0 Å². The predicted octanol–water partition coefficient (Wildman–Crippen LogP) is 3.94. The molecule has 0 saturated carbocycles. The number of nitro benzene ring substituents is 3. The summed E-state index contributed by atoms with van der Waals surface area (Å²) in [5.41, 5.74) is -1.91. The maximum Gasteiger partial charge on any atom is 0.324 e. The van der Waals surface area contributed by atoms with Crippen LogP contribution in [0.25, 0.3) is 10.9 Å². The van der Waals surface area contributed by atoms with Gasteiger partial charge in [0.25, 0.3) is 11.4 Å². The monoisotopic (exact) mass is 380 g/mol. The van der Waals surface area contributed by atoms with Crippen molar-refractivity contribution in [2.45, 2.75) is 0 Å². The van der Waals surface area contributed by atoms with E-state index < -0.39 is 37.6 Å². The van der Waals surface area contributed by atoms with Crippen LogP contribution in [-0.4, -0.2) is 24.9 Å². The normalized spacial score (nSPS) is 10.0. The van der Waals surface area contributed by atoms with Gasteiger partial charge in [0.1, 0.15) is 0 Å². The number of fused-ring (bicyclic) bond motifs is 1. The van der Waals surface area contributed by atoms with E-state index in [1.165, 1.54) is 0 Å². The maximum absolute atomic E-state index is 10.4. The van der Waals surface area contributed by atoms with Crippen molar-refractivity contribution in [1.29, 1.82) is 0 Å². The van der Waals surface area contributed by atoms with Crippen LogP contribution in [0.2, 0.25) is 5.02 Å². The summed E-state index contributed by atoms with van der Waals surface area (Å²) >= 11 is 5.88. The van der Waals surface area contributed by atoms with Crippen LogP contribution in [0.4, 0.5) is 17.1 Å². The highest BCUT2D eigenvalue weighted by molar-refractivity contribution is 6.35. The zero-order chi connectivity index (χ0) is 19.4. The Hall–Kier alpha value is -3.73. The third kappa shape index (κ3) is 3.84. The van der Waals surface area contributed by atoms with Gasteiger partial charge in [0.05, 0.1) is 26.9 Å². The van der Waals surface area contributed by atoms with Gasteiger partial charge in [-0.25, -0.2) is 0 Å². The number of nitrogens with one attached hydrogen (secondary N) is 1. The van der Waals surface area contributed by atoms with E-state index in [-0.39, 0.29) is 0 Å². The van der Waals surface area contributed by atoms with Crippen LogP contribution in [0.15, 0.2) is 42.6 Å². The third-order valence-corrected chi connectivity index (χ3v) is 3.53. The van der Waals surface area contributed by atoms with Gasteiger partial charge in [0.15, 0.2) is 0 Å². The molecule has 11 nitrogen and oxygen atoms in total. The number of phenols is 1. The van der Waals surface area contributed by atoms with E-state index >= 15 is 0 Å². The van der Waals surface area contributed by atoms with Gasteiger partial charge in [-0.05, 0) is 18.2 Å². The van der Waals surface area contributed by atoms with E-state index in [0.717, 1.165) is 15.9 Å². The third-order valence-electron chi connectivity index (χ3n) is 3.20. The number of nitro groups is 3. The number of rotatable bonds is 3. The predicted molar refractivity (Wildman–Crippen MR) is 91.4 cm³/mol. The molecule has 12 heteroatoms. The summed E-state index contributed by atoms with van der Waals surface area (Å²) in [6.45, 7) is 0. The van der Waals surface area contributed by atoms with Crippen molar-refractivity contribution in [2.75, 3.05) is 0 Å². The highest BCUT2D eigenvalue weighted by Crippen LogP contribution is 2.38. The first-order valence-electron chi connectivity index (χ1n) is 6.74. The number of hydrogen-bond donors (Lipinski definition) is 2. The van der Waals surface area contributed by atoms with Gasteiger partial charge in [-0.15, -0.1) is 0 Å². The van der Waals surface area contributed by atoms with Gasteiger partial charge >= 0.3 is 11.4 Å². The highest BCUT2D eigenvalue weighted by Gasteiger charge is 2.30. The number of nitrogens with zero attached hydrogens (tertiary/aromatic N) is 3. The molecule has 0 amide bonds. The minimum Gasteiger partial charge on any atom is -0.497 e. The fourth-order valence-corrected chi connectivity index (χ4v) is 2.26. The average molecular weight is 381 g/mol. The molecule has 3 aromatic rings. The molecule has 0 spiro atoms. The lowest BCUT2D eigenvalue weighted by atomic mass is 10.2. The second kappa shape index (κ2) is 7.44. The van der Waals surface area contributed by atoms with Crippen molar-refractivity contribution < 1.29 is 19.9 Å². The Bertz CT molecular complexity index is 982. The average Bonchev–Trinajstić information content (AvgIpc) is 3.05. The first kappa shape index (κ1) is 18.6. The number of benzene rings is 2. The number of hydrogen-bond acceptors (Lipinski definition) is 7. The summed E-state index contributed by atoms with van der Waals surface area (Å²) < 4.78 is 0. The van der Waals surface area contributed by atoms with Gasteiger partial charge in [-0.3, -0.25) is 30.3 Å². The molecule has 3 rings (SSSR count). The Labute approximate surface area is 148 Å². The van der Waals surface area contributed by atoms with E-state index in [0.29, 0.717) is 12.1 Å². The molecule has 2 N–H and O–H groups in total. The van der Waals surface area contributed by atoms with Crippen LogP contribution >= 0.6 is 11.6 Å². The standard InChI is InChI=1S/C8H6ClN.C6H3N3O7/c9-7-2-1-3-8-6(7)4-5-10-8;10-6-4(8(13)14)1-3(7(11)12)2-5(6)9(15)16/h1-5,10H;1-2,10H. The molecule has 0 radical (unpaired) electrons. The lowest BCUT2D eigenvalue weighted by molar-refractivity contribution is -0.404. The smallest absolute Gasteiger partial charge is 0.324 e. The minimum atomic E-state index is -1.21. The number of H-pyrrole nitrogens is 1. The molecule has 1 aromatic heterocycles. The number of aromatic hydroxyl groups is 1. The first-order chi connectivity index (χ1) is 12.2. The van der Waals surface area contributed by atoms with E-state index in [9.17, 15) is 30.3 Å². The van der Waals surface area contributed by atoms with Gasteiger partial charge < -0.3 is 10.1 Å². The molecule has 134 valence electrons. The lowest BCUT2D eigenvalue weighted by Crippen LogP contribution is -1.97. The number of phenolic OH excluding ortho intramolecular Hbond substituents is 1. The summed E-state index contributed by atoms with van der Waals surface area (Å²) in [6, 6.07) is 8.68. The zero-order valence-corrected chi connectivity index (χ0v) is 13.4. The minimum absolute atomic E-state index is 0.447. The van der Waals surface area contributed by atoms with Gasteiger partial charge in [0, 0.05) is 22.1 Å². The Morgan fingerprint density at radius 2 is 1.50 bits per heavy atom. The van der Waals surface area contributed by atoms with Gasteiger partial charge in [-0.2, -0.15) is 0 Å². The molecule has 0 unspecified atom stereocenters. The SMILES string of the molecule is Clc1cccc2[nH]ccc12.O=[N+]([O-])c1cc([N+](=O)[O-])c(O)c([N+](=O)[O-])c1. The molecule has 0 aliphatic rings. The summed E-state index contributed by atoms with van der Waals surface area (Å²) in [5, 5.41) is 42.1. The van der Waals surface area contributed by atoms with Crippen LogP contribution in [0.3, 0.4) is 0 Å². The number of non-ortho nitro benzene ring substituents is 1. The van der Waals surface area contributed by atoms with Crippen molar-refractivity contribution in [3.8, 4) is 5.75 Å². The summed E-state index contributed by atoms with van der Waals surface area (Å²) in [7, 11) is 0. The molecule has 0 aliphatic heterocycles. The quantitative estimate of drug-likeness (QED) is 0.512. The molecule has 0 aliphatic carbocycles. The van der Waals surface area contributed by atoms with Crippen LogP contribution in [0.5, 0.6) is 5.75 Å². The Balaban J connectivity index is 0.000000206. The van der Waals surface area contributed by atoms with Crippen molar-refractivity contribution in [2.24, 2.45) is 0 Å². The van der Waals surface area contributed by atoms with Crippen LogP contribution in [0.1, 0.15) is 0 Å². The summed E-state index contributed by atoms with van der Waals surface area (Å²) in [5.74, 6) is -1.21. The molecule has 2 aromatic carbocycles. The molecule has 0 fully saturated rings. The van der Waals surface area contributed by atoms with E-state index in [2.05, 4.69) is 4.98 Å². The molecule has 0 saturated heterocycles. The highest BCUT2D eigenvalue weighted by atomic mass is 35.5. The van der Waals surface area contributed by atoms with Crippen molar-refractivity contribution in [3.05, 3.63) is 78.0 Å². The second-order valence-electron chi connectivity index (χ2n) is 4.78. The van der Waals surface area contributed by atoms with Crippen LogP contribution in [0, 0.1) is 30.3 Å². The second-order valence-corrected chi connectivity index (χ2v) is 5.19. The van der Waals surface area contributed by atoms with E-state index in [4.69, 9.17) is 16.7 Å². The largest absolute Gasteiger partial charge is 0.497 e. The topological polar surface area (TPSA) is 165 Å². The van der Waals surface area contributed by atoms with Gasteiger partial charge in [-0.1, -0.05) is 17.7 Å². The molecule has 0 bridgehead atoms. The van der Waals surface area contributed by atoms with Crippen molar-refractivity contribution in [1.82, 2.24) is 4.98 Å². The lowest BCUT2D eigenvalue weighted by Gasteiger charge is -1.97. The Kier molecular flexibility index (Phi) is 5.33. The Morgan fingerprint density at radius 3 is 1.96 bits per heavy atom. The molecule has 1 heterocycles. The summed E-state index contributed by atoms with van der Waals surface area (Å²) in [4.78, 5) is 30.8.